The van der Waals surface area contributed by atoms with Crippen molar-refractivity contribution in [2.45, 2.75) is 45.5 Å². The Morgan fingerprint density at radius 1 is 1.52 bits per heavy atom. The van der Waals surface area contributed by atoms with Gasteiger partial charge in [-0.3, -0.25) is 0 Å². The largest absolute Gasteiger partial charge is 0.497 e. The maximum absolute atomic E-state index is 12.9. The van der Waals surface area contributed by atoms with Gasteiger partial charge < -0.3 is 19.7 Å². The van der Waals surface area contributed by atoms with Gasteiger partial charge in [0.05, 0.1) is 26.4 Å². The molecule has 5 nitrogen and oxygen atoms in total. The van der Waals surface area contributed by atoms with Gasteiger partial charge in [0, 0.05) is 18.2 Å². The number of nitrogens with one attached hydrogen (secondary N) is 1. The summed E-state index contributed by atoms with van der Waals surface area (Å²) in [5, 5.41) is 2.77. The fourth-order valence-electron chi connectivity index (χ4n) is 2.57. The van der Waals surface area contributed by atoms with Crippen LogP contribution in [-0.4, -0.2) is 42.9 Å². The van der Waals surface area contributed by atoms with Gasteiger partial charge in [-0.15, -0.1) is 0 Å². The van der Waals surface area contributed by atoms with Gasteiger partial charge in [0.1, 0.15) is 17.1 Å². The normalized spacial score (nSPS) is 17.5. The molecule has 1 atom stereocenters. The molecule has 0 fully saturated rings. The first kappa shape index (κ1) is 17.4. The van der Waals surface area contributed by atoms with Crippen molar-refractivity contribution in [1.82, 2.24) is 10.2 Å². The first-order chi connectivity index (χ1) is 10.8. The quantitative estimate of drug-likeness (QED) is 0.926. The molecule has 2 rings (SSSR count). The zero-order valence-corrected chi connectivity index (χ0v) is 14.2. The highest BCUT2D eigenvalue weighted by atomic mass is 19.1. The van der Waals surface area contributed by atoms with Crippen molar-refractivity contribution in [3.63, 3.8) is 0 Å². The molecule has 1 heterocycles. The number of methoxy groups -OCH3 is 1. The summed E-state index contributed by atoms with van der Waals surface area (Å²) in [6.45, 7) is 6.57. The van der Waals surface area contributed by atoms with E-state index in [9.17, 15) is 9.18 Å². The summed E-state index contributed by atoms with van der Waals surface area (Å²) in [6, 6.07) is 5.38. The maximum atomic E-state index is 12.9. The Morgan fingerprint density at radius 2 is 2.26 bits per heavy atom. The highest BCUT2D eigenvalue weighted by Crippen LogP contribution is 2.32. The number of fused-ring (bicyclic) bond motifs is 1. The Hall–Kier alpha value is -1.98. The number of carbonyl (C=O) groups is 1. The number of alkyl halides is 1. The van der Waals surface area contributed by atoms with E-state index in [2.05, 4.69) is 5.32 Å². The molecule has 0 saturated carbocycles. The minimum atomic E-state index is -0.924. The van der Waals surface area contributed by atoms with Crippen molar-refractivity contribution in [1.29, 1.82) is 0 Å². The Kier molecular flexibility index (Phi) is 5.34. The van der Waals surface area contributed by atoms with E-state index in [0.717, 1.165) is 17.1 Å². The van der Waals surface area contributed by atoms with Crippen LogP contribution in [0.4, 0.5) is 9.18 Å². The molecule has 1 aromatic carbocycles. The summed E-state index contributed by atoms with van der Waals surface area (Å²) >= 11 is 0. The molecular weight excluding hydrogens is 299 g/mol. The van der Waals surface area contributed by atoms with Gasteiger partial charge in [0.25, 0.3) is 0 Å². The van der Waals surface area contributed by atoms with Crippen LogP contribution in [0.1, 0.15) is 32.8 Å². The van der Waals surface area contributed by atoms with E-state index in [1.807, 2.05) is 32.0 Å². The molecule has 0 saturated heterocycles. The lowest BCUT2D eigenvalue weighted by atomic mass is 10.1. The van der Waals surface area contributed by atoms with E-state index >= 15 is 0 Å². The molecule has 1 aliphatic rings. The van der Waals surface area contributed by atoms with Gasteiger partial charge in [-0.2, -0.15) is 0 Å². The second-order valence-corrected chi connectivity index (χ2v) is 6.49. The number of hydrogen-bond donors (Lipinski definition) is 1. The number of amides is 2. The molecule has 1 N–H and O–H groups in total. The van der Waals surface area contributed by atoms with Gasteiger partial charge in [0.2, 0.25) is 0 Å². The lowest BCUT2D eigenvalue weighted by Gasteiger charge is -2.29. The molecule has 6 heteroatoms. The van der Waals surface area contributed by atoms with Crippen molar-refractivity contribution in [2.24, 2.45) is 0 Å². The second kappa shape index (κ2) is 7.06. The standard InChI is InChI=1S/C17H25FN2O3/c1-12(18)7-8-19-16(21)20-10-13-5-6-14(22-4)9-15(13)23-17(2,3)11-20/h5-6,9,12H,7-8,10-11H2,1-4H3,(H,19,21). The number of rotatable bonds is 4. The van der Waals surface area contributed by atoms with E-state index in [0.29, 0.717) is 26.1 Å². The molecule has 2 amide bonds. The molecule has 1 aliphatic heterocycles. The Morgan fingerprint density at radius 3 is 2.91 bits per heavy atom. The van der Waals surface area contributed by atoms with Crippen LogP contribution in [-0.2, 0) is 6.54 Å². The molecule has 1 unspecified atom stereocenters. The third-order valence-corrected chi connectivity index (χ3v) is 3.70. The zero-order valence-electron chi connectivity index (χ0n) is 14.2. The van der Waals surface area contributed by atoms with Crippen molar-refractivity contribution >= 4 is 6.03 Å². The van der Waals surface area contributed by atoms with Crippen LogP contribution in [0, 0.1) is 0 Å². The van der Waals surface area contributed by atoms with Crippen molar-refractivity contribution in [3.05, 3.63) is 23.8 Å². The second-order valence-electron chi connectivity index (χ2n) is 6.49. The third kappa shape index (κ3) is 4.74. The highest BCUT2D eigenvalue weighted by molar-refractivity contribution is 5.74. The monoisotopic (exact) mass is 324 g/mol. The fraction of sp³-hybridized carbons (Fsp3) is 0.588. The minimum absolute atomic E-state index is 0.203. The van der Waals surface area contributed by atoms with Crippen LogP contribution in [0.25, 0.3) is 0 Å². The molecule has 128 valence electrons. The lowest BCUT2D eigenvalue weighted by Crippen LogP contribution is -2.47. The zero-order chi connectivity index (χ0) is 17.0. The molecular formula is C17H25FN2O3. The number of urea groups is 1. The van der Waals surface area contributed by atoms with Crippen LogP contribution < -0.4 is 14.8 Å². The highest BCUT2D eigenvalue weighted by Gasteiger charge is 2.31. The summed E-state index contributed by atoms with van der Waals surface area (Å²) in [5.74, 6) is 1.44. The van der Waals surface area contributed by atoms with Crippen molar-refractivity contribution < 1.29 is 18.7 Å². The van der Waals surface area contributed by atoms with E-state index in [1.54, 1.807) is 12.0 Å². The van der Waals surface area contributed by atoms with Gasteiger partial charge in [-0.25, -0.2) is 9.18 Å². The van der Waals surface area contributed by atoms with Gasteiger partial charge in [-0.1, -0.05) is 0 Å². The Balaban J connectivity index is 2.14. The van der Waals surface area contributed by atoms with Crippen LogP contribution in [0.2, 0.25) is 0 Å². The van der Waals surface area contributed by atoms with Crippen LogP contribution >= 0.6 is 0 Å². The molecule has 0 aliphatic carbocycles. The summed E-state index contributed by atoms with van der Waals surface area (Å²) in [4.78, 5) is 14.1. The summed E-state index contributed by atoms with van der Waals surface area (Å²) in [5.41, 5.74) is 0.396. The number of hydrogen-bond acceptors (Lipinski definition) is 3. The van der Waals surface area contributed by atoms with Crippen molar-refractivity contribution in [3.8, 4) is 11.5 Å². The summed E-state index contributed by atoms with van der Waals surface area (Å²) in [7, 11) is 1.61. The average molecular weight is 324 g/mol. The maximum Gasteiger partial charge on any atom is 0.317 e. The lowest BCUT2D eigenvalue weighted by molar-refractivity contribution is 0.0804. The number of carbonyl (C=O) groups excluding carboxylic acids is 1. The van der Waals surface area contributed by atoms with E-state index in [4.69, 9.17) is 9.47 Å². The van der Waals surface area contributed by atoms with E-state index in [1.165, 1.54) is 6.92 Å². The number of ether oxygens (including phenoxy) is 2. The Labute approximate surface area is 136 Å². The van der Waals surface area contributed by atoms with Crippen LogP contribution in [0.5, 0.6) is 11.5 Å². The average Bonchev–Trinajstić information content (AvgIpc) is 2.60. The number of benzene rings is 1. The summed E-state index contributed by atoms with van der Waals surface area (Å²) < 4.78 is 24.1. The first-order valence-corrected chi connectivity index (χ1v) is 7.83. The van der Waals surface area contributed by atoms with Gasteiger partial charge >= 0.3 is 6.03 Å². The Bertz CT molecular complexity index is 561. The fourth-order valence-corrected chi connectivity index (χ4v) is 2.57. The predicted octanol–water partition coefficient (Wildman–Crippen LogP) is 3.13. The smallest absolute Gasteiger partial charge is 0.317 e. The van der Waals surface area contributed by atoms with Crippen LogP contribution in [0.15, 0.2) is 18.2 Å². The number of nitrogens with zero attached hydrogens (tertiary/aromatic N) is 1. The van der Waals surface area contributed by atoms with E-state index in [-0.39, 0.29) is 6.03 Å². The number of halogens is 1. The van der Waals surface area contributed by atoms with Crippen LogP contribution in [0.3, 0.4) is 0 Å². The third-order valence-electron chi connectivity index (χ3n) is 3.70. The summed E-state index contributed by atoms with van der Waals surface area (Å²) in [6.07, 6.45) is -0.611. The topological polar surface area (TPSA) is 50.8 Å². The minimum Gasteiger partial charge on any atom is -0.497 e. The predicted molar refractivity (Wildman–Crippen MR) is 86.7 cm³/mol. The SMILES string of the molecule is COc1ccc2c(c1)OC(C)(C)CN(C(=O)NCCC(C)F)C2. The molecule has 0 radical (unpaired) electrons. The van der Waals surface area contributed by atoms with Gasteiger partial charge in [0.15, 0.2) is 0 Å². The van der Waals surface area contributed by atoms with Gasteiger partial charge in [-0.05, 0) is 39.3 Å². The molecule has 0 spiro atoms. The first-order valence-electron chi connectivity index (χ1n) is 7.83. The molecule has 23 heavy (non-hydrogen) atoms. The molecule has 0 bridgehead atoms. The van der Waals surface area contributed by atoms with E-state index < -0.39 is 11.8 Å². The molecule has 1 aromatic rings. The van der Waals surface area contributed by atoms with Crippen molar-refractivity contribution in [2.75, 3.05) is 20.2 Å². The molecule has 0 aromatic heterocycles.